The maximum absolute atomic E-state index is 13.9. The molecular formula is C32H34N4O3S. The molecule has 0 bridgehead atoms. The number of benzene rings is 3. The Hall–Kier alpha value is -3.59. The highest BCUT2D eigenvalue weighted by Gasteiger charge is 2.50. The first-order valence-electron chi connectivity index (χ1n) is 13.7. The van der Waals surface area contributed by atoms with Crippen molar-refractivity contribution in [1.29, 1.82) is 0 Å². The number of carbonyl (C=O) groups is 1. The van der Waals surface area contributed by atoms with Crippen molar-refractivity contribution in [3.05, 3.63) is 95.6 Å². The van der Waals surface area contributed by atoms with Gasteiger partial charge in [-0.05, 0) is 87.2 Å². The second-order valence-electron chi connectivity index (χ2n) is 11.7. The summed E-state index contributed by atoms with van der Waals surface area (Å²) in [5.74, 6) is 0.605. The molecule has 3 heterocycles. The van der Waals surface area contributed by atoms with Crippen molar-refractivity contribution < 1.29 is 14.1 Å². The highest BCUT2D eigenvalue weighted by molar-refractivity contribution is 7.83. The van der Waals surface area contributed by atoms with Crippen molar-refractivity contribution in [2.45, 2.75) is 56.2 Å². The minimum atomic E-state index is -1.84. The van der Waals surface area contributed by atoms with E-state index in [0.29, 0.717) is 28.3 Å². The SMILES string of the molecule is CC(C)(C)NS(=O)c1ccc(C2(O)C(=O)N(Cc3ccc4nc(N5CCCC5)ccc4c3)c3ccccc32)cc1. The number of carbonyl (C=O) groups excluding carboxylic acids is 1. The predicted octanol–water partition coefficient (Wildman–Crippen LogP) is 5.03. The Bertz CT molecular complexity index is 1610. The van der Waals surface area contributed by atoms with Crippen molar-refractivity contribution in [3.8, 4) is 0 Å². The molecule has 6 rings (SSSR count). The van der Waals surface area contributed by atoms with Crippen LogP contribution in [0.4, 0.5) is 11.5 Å². The maximum Gasteiger partial charge on any atom is 0.268 e. The Morgan fingerprint density at radius 1 is 0.975 bits per heavy atom. The molecule has 1 fully saturated rings. The van der Waals surface area contributed by atoms with Crippen LogP contribution in [0.15, 0.2) is 83.8 Å². The number of hydrogen-bond donors (Lipinski definition) is 2. The average molecular weight is 555 g/mol. The molecule has 0 aliphatic carbocycles. The van der Waals surface area contributed by atoms with Gasteiger partial charge in [-0.15, -0.1) is 0 Å². The van der Waals surface area contributed by atoms with Gasteiger partial charge in [0.1, 0.15) is 16.8 Å². The first-order valence-corrected chi connectivity index (χ1v) is 14.9. The molecule has 2 N–H and O–H groups in total. The third-order valence-corrected chi connectivity index (χ3v) is 9.03. The molecule has 2 unspecified atom stereocenters. The van der Waals surface area contributed by atoms with Gasteiger partial charge in [-0.1, -0.05) is 36.4 Å². The van der Waals surface area contributed by atoms with Crippen molar-refractivity contribution in [1.82, 2.24) is 9.71 Å². The number of rotatable bonds is 6. The maximum atomic E-state index is 13.9. The number of aromatic nitrogens is 1. The predicted molar refractivity (Wildman–Crippen MR) is 160 cm³/mol. The van der Waals surface area contributed by atoms with Crippen molar-refractivity contribution >= 4 is 39.3 Å². The molecule has 3 aromatic carbocycles. The number of pyridine rings is 1. The summed E-state index contributed by atoms with van der Waals surface area (Å²) < 4.78 is 15.8. The minimum Gasteiger partial charge on any atom is -0.372 e. The van der Waals surface area contributed by atoms with Gasteiger partial charge >= 0.3 is 0 Å². The molecule has 8 heteroatoms. The van der Waals surface area contributed by atoms with E-state index in [-0.39, 0.29) is 5.54 Å². The summed E-state index contributed by atoms with van der Waals surface area (Å²) in [6, 6.07) is 24.4. The van der Waals surface area contributed by atoms with E-state index in [9.17, 15) is 14.1 Å². The topological polar surface area (TPSA) is 85.8 Å². The molecule has 1 amide bonds. The normalized spacial score (nSPS) is 19.9. The Morgan fingerprint density at radius 3 is 2.42 bits per heavy atom. The van der Waals surface area contributed by atoms with Crippen LogP contribution in [-0.2, 0) is 27.9 Å². The van der Waals surface area contributed by atoms with Crippen LogP contribution in [0.5, 0.6) is 0 Å². The fraction of sp³-hybridized carbons (Fsp3) is 0.312. The molecule has 2 aliphatic heterocycles. The Morgan fingerprint density at radius 2 is 1.70 bits per heavy atom. The molecule has 0 spiro atoms. The summed E-state index contributed by atoms with van der Waals surface area (Å²) >= 11 is 0. The van der Waals surface area contributed by atoms with Gasteiger partial charge in [0.15, 0.2) is 5.60 Å². The fourth-order valence-corrected chi connectivity index (χ4v) is 6.65. The number of fused-ring (bicyclic) bond motifs is 2. The van der Waals surface area contributed by atoms with E-state index in [1.165, 1.54) is 12.8 Å². The van der Waals surface area contributed by atoms with Gasteiger partial charge in [-0.25, -0.2) is 13.9 Å². The molecule has 7 nitrogen and oxygen atoms in total. The smallest absolute Gasteiger partial charge is 0.268 e. The van der Waals surface area contributed by atoms with E-state index in [0.717, 1.165) is 35.4 Å². The molecule has 1 saturated heterocycles. The molecule has 2 aliphatic rings. The lowest BCUT2D eigenvalue weighted by Crippen LogP contribution is -2.41. The minimum absolute atomic E-state index is 0.319. The van der Waals surface area contributed by atoms with Gasteiger partial charge < -0.3 is 14.9 Å². The summed E-state index contributed by atoms with van der Waals surface area (Å²) in [6.45, 7) is 8.25. The van der Waals surface area contributed by atoms with Gasteiger partial charge in [-0.2, -0.15) is 0 Å². The van der Waals surface area contributed by atoms with Crippen molar-refractivity contribution in [2.75, 3.05) is 22.9 Å². The van der Waals surface area contributed by atoms with Gasteiger partial charge in [-0.3, -0.25) is 4.79 Å². The summed E-state index contributed by atoms with van der Waals surface area (Å²) in [7, 11) is -1.41. The van der Waals surface area contributed by atoms with E-state index in [2.05, 4.69) is 27.8 Å². The van der Waals surface area contributed by atoms with Gasteiger partial charge in [0.05, 0.1) is 22.6 Å². The summed E-state index contributed by atoms with van der Waals surface area (Å²) in [6.07, 6.45) is 2.41. The van der Waals surface area contributed by atoms with Crippen LogP contribution in [-0.4, -0.2) is 38.8 Å². The highest BCUT2D eigenvalue weighted by Crippen LogP contribution is 2.45. The molecule has 1 aromatic heterocycles. The molecule has 0 radical (unpaired) electrons. The average Bonchev–Trinajstić information content (AvgIpc) is 3.55. The number of hydrogen-bond acceptors (Lipinski definition) is 5. The van der Waals surface area contributed by atoms with Crippen LogP contribution < -0.4 is 14.5 Å². The Kier molecular flexibility index (Phi) is 6.73. The van der Waals surface area contributed by atoms with Gasteiger partial charge in [0, 0.05) is 29.6 Å². The van der Waals surface area contributed by atoms with E-state index in [1.54, 1.807) is 35.2 Å². The van der Waals surface area contributed by atoms with Crippen molar-refractivity contribution in [2.24, 2.45) is 0 Å². The van der Waals surface area contributed by atoms with Crippen LogP contribution in [0, 0.1) is 0 Å². The molecule has 0 saturated carbocycles. The zero-order valence-electron chi connectivity index (χ0n) is 23.1. The molecular weight excluding hydrogens is 520 g/mol. The lowest BCUT2D eigenvalue weighted by molar-refractivity contribution is -0.132. The third-order valence-electron chi connectivity index (χ3n) is 7.53. The van der Waals surface area contributed by atoms with Crippen LogP contribution in [0.2, 0.25) is 0 Å². The number of anilines is 2. The molecule has 4 aromatic rings. The second-order valence-corrected chi connectivity index (χ2v) is 12.9. The number of nitrogens with zero attached hydrogens (tertiary/aromatic N) is 3. The van der Waals surface area contributed by atoms with Gasteiger partial charge in [0.2, 0.25) is 0 Å². The van der Waals surface area contributed by atoms with Crippen LogP contribution in [0.1, 0.15) is 50.3 Å². The summed E-state index contributed by atoms with van der Waals surface area (Å²) in [4.78, 5) is 23.3. The zero-order chi connectivity index (χ0) is 28.1. The lowest BCUT2D eigenvalue weighted by Gasteiger charge is -2.24. The lowest BCUT2D eigenvalue weighted by atomic mass is 9.87. The van der Waals surface area contributed by atoms with E-state index in [4.69, 9.17) is 4.98 Å². The standard InChI is InChI=1S/C32H34N4O3S/c1-31(2,3)34-40(39)25-14-12-24(13-15-25)32(38)26-8-4-5-9-28(26)36(30(32)37)21-22-10-16-27-23(20-22)11-17-29(33-27)35-18-6-7-19-35/h4-5,8-17,20,34,38H,6-7,18-19,21H2,1-3H3. The van der Waals surface area contributed by atoms with Crippen LogP contribution >= 0.6 is 0 Å². The molecule has 2 atom stereocenters. The summed E-state index contributed by atoms with van der Waals surface area (Å²) in [5.41, 5.74) is 1.39. The monoisotopic (exact) mass is 554 g/mol. The second kappa shape index (κ2) is 10.1. The van der Waals surface area contributed by atoms with Gasteiger partial charge in [0.25, 0.3) is 5.91 Å². The molecule has 40 heavy (non-hydrogen) atoms. The van der Waals surface area contributed by atoms with E-state index >= 15 is 0 Å². The number of amides is 1. The van der Waals surface area contributed by atoms with Crippen LogP contribution in [0.3, 0.4) is 0 Å². The number of nitrogens with one attached hydrogen (secondary N) is 1. The number of para-hydroxylation sites is 1. The van der Waals surface area contributed by atoms with E-state index in [1.807, 2.05) is 51.1 Å². The third kappa shape index (κ3) is 4.80. The zero-order valence-corrected chi connectivity index (χ0v) is 23.9. The first kappa shape index (κ1) is 26.6. The Balaban J connectivity index is 1.29. The van der Waals surface area contributed by atoms with Crippen LogP contribution in [0.25, 0.3) is 10.9 Å². The van der Waals surface area contributed by atoms with E-state index < -0.39 is 22.5 Å². The summed E-state index contributed by atoms with van der Waals surface area (Å²) in [5, 5.41) is 13.0. The Labute approximate surface area is 237 Å². The fourth-order valence-electron chi connectivity index (χ4n) is 5.60. The number of aliphatic hydroxyl groups is 1. The quantitative estimate of drug-likeness (QED) is 0.349. The largest absolute Gasteiger partial charge is 0.372 e. The van der Waals surface area contributed by atoms with Crippen molar-refractivity contribution in [3.63, 3.8) is 0 Å². The highest BCUT2D eigenvalue weighted by atomic mass is 32.2. The first-order chi connectivity index (χ1) is 19.1. The molecule has 206 valence electrons.